The number of carbonyl (C=O) groups excluding carboxylic acids is 2. The monoisotopic (exact) mass is 410 g/mol. The minimum absolute atomic E-state index is 0.0540. The summed E-state index contributed by atoms with van der Waals surface area (Å²) in [5.41, 5.74) is 0. The number of ether oxygens (including phenoxy) is 4. The molecule has 0 atom stereocenters. The van der Waals surface area contributed by atoms with Crippen molar-refractivity contribution in [2.75, 3.05) is 52.9 Å². The van der Waals surface area contributed by atoms with Crippen molar-refractivity contribution in [1.82, 2.24) is 0 Å². The van der Waals surface area contributed by atoms with E-state index in [1.54, 1.807) is 0 Å². The van der Waals surface area contributed by atoms with E-state index in [0.717, 1.165) is 0 Å². The highest BCUT2D eigenvalue weighted by molar-refractivity contribution is 6.71. The molecule has 0 radical (unpaired) electrons. The lowest BCUT2D eigenvalue weighted by atomic mass is 10.7. The fourth-order valence-corrected chi connectivity index (χ4v) is 3.09. The Morgan fingerprint density at radius 3 is 1.08 bits per heavy atom. The molecule has 0 aromatic rings. The third kappa shape index (κ3) is 19.5. The van der Waals surface area contributed by atoms with Gasteiger partial charge in [-0.1, -0.05) is 0 Å². The van der Waals surface area contributed by atoms with E-state index in [1.807, 2.05) is 39.3 Å². The first-order chi connectivity index (χ1) is 12.0. The van der Waals surface area contributed by atoms with Crippen LogP contribution in [-0.2, 0) is 37.4 Å². The maximum absolute atomic E-state index is 11.4. The number of carbonyl (C=O) groups is 2. The maximum Gasteiger partial charge on any atom is 0.318 e. The highest BCUT2D eigenvalue weighted by Gasteiger charge is 2.20. The second-order valence-corrected chi connectivity index (χ2v) is 16.4. The maximum atomic E-state index is 11.4. The van der Waals surface area contributed by atoms with Gasteiger partial charge in [-0.3, -0.25) is 9.59 Å². The van der Waals surface area contributed by atoms with Crippen LogP contribution >= 0.6 is 0 Å². The summed E-state index contributed by atoms with van der Waals surface area (Å²) >= 11 is 0. The quantitative estimate of drug-likeness (QED) is 0.298. The van der Waals surface area contributed by atoms with Gasteiger partial charge in [0.15, 0.2) is 0 Å². The van der Waals surface area contributed by atoms with E-state index in [9.17, 15) is 9.59 Å². The Kier molecular flexibility index (Phi) is 13.0. The van der Waals surface area contributed by atoms with E-state index in [4.69, 9.17) is 27.8 Å². The lowest BCUT2D eigenvalue weighted by molar-refractivity contribution is -0.142. The summed E-state index contributed by atoms with van der Waals surface area (Å²) < 4.78 is 31.5. The molecule has 0 aliphatic carbocycles. The minimum Gasteiger partial charge on any atom is -0.518 e. The molecule has 8 nitrogen and oxygen atoms in total. The predicted octanol–water partition coefficient (Wildman–Crippen LogP) is 1.81. The zero-order valence-electron chi connectivity index (χ0n) is 16.9. The molecule has 0 aromatic heterocycles. The van der Waals surface area contributed by atoms with Gasteiger partial charge in [0.2, 0.25) is 16.6 Å². The first kappa shape index (κ1) is 25.2. The molecule has 0 spiro atoms. The van der Waals surface area contributed by atoms with Gasteiger partial charge >= 0.3 is 11.9 Å². The van der Waals surface area contributed by atoms with Crippen molar-refractivity contribution in [3.63, 3.8) is 0 Å². The van der Waals surface area contributed by atoms with Crippen molar-refractivity contribution in [1.29, 1.82) is 0 Å². The van der Waals surface area contributed by atoms with Crippen LogP contribution < -0.4 is 0 Å². The summed E-state index contributed by atoms with van der Waals surface area (Å²) in [5, 5.41) is 0. The Bertz CT molecular complexity index is 366. The summed E-state index contributed by atoms with van der Waals surface area (Å²) in [6.07, 6.45) is 0. The van der Waals surface area contributed by atoms with Crippen LogP contribution in [0.15, 0.2) is 0 Å². The molecule has 0 saturated carbocycles. The number of hydrogen-bond donors (Lipinski definition) is 0. The first-order valence-electron chi connectivity index (χ1n) is 8.74. The molecule has 0 aliphatic heterocycles. The number of rotatable bonds is 15. The standard InChI is InChI=1S/C16H34O8Si2/c1-25(2,3)23-15(17)13-21-11-9-19-7-8-20-10-12-22-14-16(18)24-26(4,5)6/h7-14H2,1-6H3. The lowest BCUT2D eigenvalue weighted by Gasteiger charge is -2.17. The van der Waals surface area contributed by atoms with Crippen LogP contribution in [0.25, 0.3) is 0 Å². The van der Waals surface area contributed by atoms with Crippen LogP contribution in [0.4, 0.5) is 0 Å². The van der Waals surface area contributed by atoms with Crippen LogP contribution in [0, 0.1) is 0 Å². The molecule has 0 aromatic carbocycles. The largest absolute Gasteiger partial charge is 0.518 e. The third-order valence-corrected chi connectivity index (χ3v) is 4.08. The van der Waals surface area contributed by atoms with Crippen LogP contribution in [0.1, 0.15) is 0 Å². The molecule has 0 N–H and O–H groups in total. The van der Waals surface area contributed by atoms with Crippen LogP contribution in [-0.4, -0.2) is 81.4 Å². The Morgan fingerprint density at radius 1 is 0.538 bits per heavy atom. The normalized spacial score (nSPS) is 12.1. The molecule has 0 rings (SSSR count). The zero-order valence-corrected chi connectivity index (χ0v) is 18.9. The second-order valence-electron chi connectivity index (χ2n) is 7.50. The third-order valence-electron chi connectivity index (χ3n) is 2.40. The molecule has 0 aliphatic rings. The predicted molar refractivity (Wildman–Crippen MR) is 102 cm³/mol. The SMILES string of the molecule is C[Si](C)(C)OC(=O)COCCOCCOCCOCC(=O)O[Si](C)(C)C. The molecule has 26 heavy (non-hydrogen) atoms. The van der Waals surface area contributed by atoms with Gasteiger partial charge in [0.25, 0.3) is 0 Å². The van der Waals surface area contributed by atoms with Crippen molar-refractivity contribution < 1.29 is 37.4 Å². The number of hydrogen-bond acceptors (Lipinski definition) is 8. The van der Waals surface area contributed by atoms with Crippen molar-refractivity contribution in [3.8, 4) is 0 Å². The molecule has 0 unspecified atom stereocenters. The smallest absolute Gasteiger partial charge is 0.318 e. The second kappa shape index (κ2) is 13.4. The molecular formula is C16H34O8Si2. The van der Waals surface area contributed by atoms with Gasteiger partial charge in [-0.25, -0.2) is 0 Å². The van der Waals surface area contributed by atoms with Crippen LogP contribution in [0.2, 0.25) is 39.3 Å². The Balaban J connectivity index is 3.32. The molecule has 10 heteroatoms. The van der Waals surface area contributed by atoms with Crippen LogP contribution in [0.3, 0.4) is 0 Å². The van der Waals surface area contributed by atoms with Gasteiger partial charge in [-0.15, -0.1) is 0 Å². The molecule has 0 fully saturated rings. The zero-order chi connectivity index (χ0) is 20.1. The van der Waals surface area contributed by atoms with Crippen molar-refractivity contribution in [3.05, 3.63) is 0 Å². The molecule has 154 valence electrons. The van der Waals surface area contributed by atoms with Gasteiger partial charge in [-0.2, -0.15) is 0 Å². The van der Waals surface area contributed by atoms with E-state index >= 15 is 0 Å². The molecule has 0 saturated heterocycles. The Hall–Kier alpha value is -0.786. The highest BCUT2D eigenvalue weighted by atomic mass is 28.4. The average Bonchev–Trinajstić information content (AvgIpc) is 2.44. The molecule has 0 amide bonds. The van der Waals surface area contributed by atoms with E-state index in [1.165, 1.54) is 0 Å². The molecular weight excluding hydrogens is 376 g/mol. The van der Waals surface area contributed by atoms with E-state index in [0.29, 0.717) is 39.6 Å². The van der Waals surface area contributed by atoms with Gasteiger partial charge in [-0.05, 0) is 39.3 Å². The Labute approximate surface area is 158 Å². The summed E-state index contributed by atoms with van der Waals surface area (Å²) in [7, 11) is -3.70. The van der Waals surface area contributed by atoms with Crippen molar-refractivity contribution >= 4 is 28.6 Å². The summed E-state index contributed by atoms with van der Waals surface area (Å²) in [5.74, 6) is -0.664. The van der Waals surface area contributed by atoms with Gasteiger partial charge in [0.05, 0.1) is 39.6 Å². The highest BCUT2D eigenvalue weighted by Crippen LogP contribution is 2.03. The first-order valence-corrected chi connectivity index (χ1v) is 15.6. The van der Waals surface area contributed by atoms with E-state index in [-0.39, 0.29) is 25.2 Å². The van der Waals surface area contributed by atoms with Gasteiger partial charge < -0.3 is 27.8 Å². The molecule has 0 heterocycles. The topological polar surface area (TPSA) is 89.5 Å². The Morgan fingerprint density at radius 2 is 0.808 bits per heavy atom. The summed E-state index contributed by atoms with van der Waals surface area (Å²) in [4.78, 5) is 22.8. The fourth-order valence-electron chi connectivity index (χ4n) is 1.61. The minimum atomic E-state index is -1.85. The summed E-state index contributed by atoms with van der Waals surface area (Å²) in [6.45, 7) is 13.8. The summed E-state index contributed by atoms with van der Waals surface area (Å²) in [6, 6.07) is 0. The van der Waals surface area contributed by atoms with Crippen LogP contribution in [0.5, 0.6) is 0 Å². The van der Waals surface area contributed by atoms with Crippen molar-refractivity contribution in [2.24, 2.45) is 0 Å². The van der Waals surface area contributed by atoms with Gasteiger partial charge in [0.1, 0.15) is 13.2 Å². The van der Waals surface area contributed by atoms with E-state index in [2.05, 4.69) is 0 Å². The average molecular weight is 411 g/mol. The van der Waals surface area contributed by atoms with Gasteiger partial charge in [0, 0.05) is 0 Å². The fraction of sp³-hybridized carbons (Fsp3) is 0.875. The van der Waals surface area contributed by atoms with Crippen molar-refractivity contribution in [2.45, 2.75) is 39.3 Å². The molecule has 0 bridgehead atoms. The lowest BCUT2D eigenvalue weighted by Crippen LogP contribution is -2.31. The van der Waals surface area contributed by atoms with E-state index < -0.39 is 16.6 Å².